The second-order valence-electron chi connectivity index (χ2n) is 7.10. The number of morpholine rings is 1. The predicted octanol–water partition coefficient (Wildman–Crippen LogP) is 3.45. The number of nitrogens with one attached hydrogen (secondary N) is 1. The number of aromatic nitrogens is 2. The minimum Gasteiger partial charge on any atom is -0.379 e. The molecule has 2 aromatic carbocycles. The third kappa shape index (κ3) is 5.33. The Bertz CT molecular complexity index is 1190. The van der Waals surface area contributed by atoms with Crippen LogP contribution in [0.3, 0.4) is 0 Å². The van der Waals surface area contributed by atoms with Gasteiger partial charge < -0.3 is 10.1 Å². The van der Waals surface area contributed by atoms with Gasteiger partial charge in [0.25, 0.3) is 0 Å². The summed E-state index contributed by atoms with van der Waals surface area (Å²) in [5, 5.41) is 12.4. The van der Waals surface area contributed by atoms with Crippen LogP contribution >= 0.6 is 22.9 Å². The number of carbonyl (C=O) groups is 1. The van der Waals surface area contributed by atoms with Crippen LogP contribution in [0, 0.1) is 0 Å². The van der Waals surface area contributed by atoms with Crippen LogP contribution in [0.25, 0.3) is 10.6 Å². The maximum atomic E-state index is 12.7. The molecule has 0 aliphatic carbocycles. The Balaban J connectivity index is 1.32. The van der Waals surface area contributed by atoms with Gasteiger partial charge >= 0.3 is 0 Å². The molecule has 8 nitrogen and oxygen atoms in total. The van der Waals surface area contributed by atoms with E-state index in [0.29, 0.717) is 47.9 Å². The van der Waals surface area contributed by atoms with Gasteiger partial charge in [-0.1, -0.05) is 53.3 Å². The minimum atomic E-state index is -3.52. The van der Waals surface area contributed by atoms with Crippen LogP contribution in [-0.2, 0) is 26.0 Å². The number of amides is 1. The number of aryl methyl sites for hydroxylation is 1. The summed E-state index contributed by atoms with van der Waals surface area (Å²) < 4.78 is 32.0. The van der Waals surface area contributed by atoms with Gasteiger partial charge in [0.05, 0.1) is 23.1 Å². The summed E-state index contributed by atoms with van der Waals surface area (Å²) in [7, 11) is -3.52. The minimum absolute atomic E-state index is 0.197. The van der Waals surface area contributed by atoms with E-state index in [-0.39, 0.29) is 17.2 Å². The van der Waals surface area contributed by atoms with Crippen molar-refractivity contribution in [3.05, 3.63) is 59.1 Å². The van der Waals surface area contributed by atoms with Gasteiger partial charge in [0.15, 0.2) is 5.01 Å². The summed E-state index contributed by atoms with van der Waals surface area (Å²) in [5.74, 6) is -0.197. The lowest BCUT2D eigenvalue weighted by atomic mass is 10.1. The van der Waals surface area contributed by atoms with Gasteiger partial charge in [-0.05, 0) is 30.2 Å². The van der Waals surface area contributed by atoms with Crippen molar-refractivity contribution in [1.82, 2.24) is 14.5 Å². The highest BCUT2D eigenvalue weighted by molar-refractivity contribution is 7.89. The van der Waals surface area contributed by atoms with Gasteiger partial charge in [0.1, 0.15) is 0 Å². The number of sulfonamides is 1. The molecule has 3 aromatic rings. The van der Waals surface area contributed by atoms with Gasteiger partial charge in [0.2, 0.25) is 21.1 Å². The van der Waals surface area contributed by atoms with Crippen LogP contribution in [0.15, 0.2) is 53.4 Å². The Hall–Kier alpha value is -2.37. The van der Waals surface area contributed by atoms with Crippen LogP contribution in [0.5, 0.6) is 0 Å². The molecule has 1 amide bonds. The van der Waals surface area contributed by atoms with E-state index in [4.69, 9.17) is 16.3 Å². The summed E-state index contributed by atoms with van der Waals surface area (Å²) in [6.45, 7) is 1.52. The zero-order valence-corrected chi connectivity index (χ0v) is 19.4. The van der Waals surface area contributed by atoms with Crippen LogP contribution in [0.1, 0.15) is 12.0 Å². The van der Waals surface area contributed by atoms with E-state index in [9.17, 15) is 13.2 Å². The SMILES string of the molecule is O=C(CCc1ccc(S(=O)(=O)N2CCOCC2)cc1)Nc1nnc(-c2ccccc2Cl)s1. The lowest BCUT2D eigenvalue weighted by molar-refractivity contribution is -0.116. The molecule has 1 aromatic heterocycles. The number of halogens is 1. The normalized spacial score (nSPS) is 14.9. The molecule has 32 heavy (non-hydrogen) atoms. The molecule has 0 saturated carbocycles. The first-order valence-electron chi connectivity index (χ1n) is 9.98. The van der Waals surface area contributed by atoms with Gasteiger partial charge in [-0.2, -0.15) is 4.31 Å². The molecule has 0 bridgehead atoms. The number of nitrogens with zero attached hydrogens (tertiary/aromatic N) is 3. The Morgan fingerprint density at radius 2 is 1.81 bits per heavy atom. The van der Waals surface area contributed by atoms with E-state index in [1.54, 1.807) is 30.3 Å². The molecule has 1 aliphatic heterocycles. The van der Waals surface area contributed by atoms with Crippen molar-refractivity contribution in [2.45, 2.75) is 17.7 Å². The second-order valence-corrected chi connectivity index (χ2v) is 10.4. The quantitative estimate of drug-likeness (QED) is 0.542. The largest absolute Gasteiger partial charge is 0.379 e. The van der Waals surface area contributed by atoms with Crippen LogP contribution in [-0.4, -0.2) is 55.1 Å². The topological polar surface area (TPSA) is 101 Å². The van der Waals surface area contributed by atoms with Crippen LogP contribution in [0.4, 0.5) is 5.13 Å². The van der Waals surface area contributed by atoms with E-state index in [1.165, 1.54) is 15.6 Å². The van der Waals surface area contributed by atoms with E-state index in [0.717, 1.165) is 11.1 Å². The molecule has 0 unspecified atom stereocenters. The Kier molecular flexibility index (Phi) is 7.17. The number of ether oxygens (including phenoxy) is 1. The van der Waals surface area contributed by atoms with E-state index < -0.39 is 10.0 Å². The molecule has 0 atom stereocenters. The average molecular weight is 493 g/mol. The number of carbonyl (C=O) groups excluding carboxylic acids is 1. The van der Waals surface area contributed by atoms with Crippen molar-refractivity contribution in [3.8, 4) is 10.6 Å². The maximum absolute atomic E-state index is 12.7. The number of benzene rings is 2. The summed E-state index contributed by atoms with van der Waals surface area (Å²) in [6, 6.07) is 13.9. The Labute approximate surface area is 195 Å². The third-order valence-corrected chi connectivity index (χ3v) is 8.06. The first kappa shape index (κ1) is 22.8. The van der Waals surface area contributed by atoms with Gasteiger partial charge in [-0.25, -0.2) is 8.42 Å². The van der Waals surface area contributed by atoms with Crippen LogP contribution < -0.4 is 5.32 Å². The standard InChI is InChI=1S/C21H21ClN4O4S2/c22-18-4-2-1-3-17(18)20-24-25-21(31-20)23-19(27)10-7-15-5-8-16(9-6-15)32(28,29)26-11-13-30-14-12-26/h1-6,8-9H,7,10-14H2,(H,23,25,27). The predicted molar refractivity (Wildman–Crippen MR) is 123 cm³/mol. The third-order valence-electron chi connectivity index (χ3n) is 4.95. The van der Waals surface area contributed by atoms with Crippen LogP contribution in [0.2, 0.25) is 5.02 Å². The molecule has 4 rings (SSSR count). The summed E-state index contributed by atoms with van der Waals surface area (Å²) in [6.07, 6.45) is 0.705. The van der Waals surface area contributed by atoms with Gasteiger partial charge in [-0.3, -0.25) is 4.79 Å². The molecule has 0 radical (unpaired) electrons. The smallest absolute Gasteiger partial charge is 0.243 e. The van der Waals surface area contributed by atoms with E-state index in [2.05, 4.69) is 15.5 Å². The fourth-order valence-corrected chi connectivity index (χ4v) is 5.71. The van der Waals surface area contributed by atoms with Gasteiger partial charge in [0, 0.05) is 25.1 Å². The number of hydrogen-bond donors (Lipinski definition) is 1. The van der Waals surface area contributed by atoms with Crippen molar-refractivity contribution in [1.29, 1.82) is 0 Å². The molecule has 1 aliphatic rings. The van der Waals surface area contributed by atoms with Crippen molar-refractivity contribution in [3.63, 3.8) is 0 Å². The molecular formula is C21H21ClN4O4S2. The molecular weight excluding hydrogens is 472 g/mol. The Morgan fingerprint density at radius 1 is 1.09 bits per heavy atom. The lowest BCUT2D eigenvalue weighted by Gasteiger charge is -2.26. The zero-order valence-electron chi connectivity index (χ0n) is 17.0. The molecule has 2 heterocycles. The highest BCUT2D eigenvalue weighted by atomic mass is 35.5. The zero-order chi connectivity index (χ0) is 22.6. The highest BCUT2D eigenvalue weighted by Gasteiger charge is 2.26. The van der Waals surface area contributed by atoms with Crippen molar-refractivity contribution >= 4 is 44.0 Å². The molecule has 11 heteroatoms. The highest BCUT2D eigenvalue weighted by Crippen LogP contribution is 2.31. The van der Waals surface area contributed by atoms with Crippen molar-refractivity contribution in [2.75, 3.05) is 31.6 Å². The van der Waals surface area contributed by atoms with E-state index >= 15 is 0 Å². The first-order chi connectivity index (χ1) is 15.4. The number of hydrogen-bond acceptors (Lipinski definition) is 7. The van der Waals surface area contributed by atoms with Gasteiger partial charge in [-0.15, -0.1) is 10.2 Å². The Morgan fingerprint density at radius 3 is 2.53 bits per heavy atom. The maximum Gasteiger partial charge on any atom is 0.243 e. The fraction of sp³-hybridized carbons (Fsp3) is 0.286. The summed E-state index contributed by atoms with van der Waals surface area (Å²) in [5.41, 5.74) is 1.63. The number of anilines is 1. The molecule has 1 N–H and O–H groups in total. The number of rotatable bonds is 7. The van der Waals surface area contributed by atoms with Crippen molar-refractivity contribution in [2.24, 2.45) is 0 Å². The summed E-state index contributed by atoms with van der Waals surface area (Å²) in [4.78, 5) is 12.6. The summed E-state index contributed by atoms with van der Waals surface area (Å²) >= 11 is 7.43. The fourth-order valence-electron chi connectivity index (χ4n) is 3.22. The average Bonchev–Trinajstić information content (AvgIpc) is 3.27. The molecule has 0 spiro atoms. The first-order valence-corrected chi connectivity index (χ1v) is 12.6. The van der Waals surface area contributed by atoms with E-state index in [1.807, 2.05) is 18.2 Å². The molecule has 168 valence electrons. The second kappa shape index (κ2) is 10.1. The monoisotopic (exact) mass is 492 g/mol. The lowest BCUT2D eigenvalue weighted by Crippen LogP contribution is -2.40. The van der Waals surface area contributed by atoms with Crippen molar-refractivity contribution < 1.29 is 17.9 Å². The molecule has 1 fully saturated rings. The molecule has 1 saturated heterocycles.